The molecule has 0 spiro atoms. The zero-order chi connectivity index (χ0) is 18.4. The first-order chi connectivity index (χ1) is 13.2. The van der Waals surface area contributed by atoms with E-state index in [2.05, 4.69) is 15.0 Å². The molecule has 2 aliphatic heterocycles. The molecule has 0 radical (unpaired) electrons. The first-order valence-corrected chi connectivity index (χ1v) is 10.3. The highest BCUT2D eigenvalue weighted by Gasteiger charge is 2.29. The minimum atomic E-state index is -0.330. The number of anilines is 1. The summed E-state index contributed by atoms with van der Waals surface area (Å²) in [6, 6.07) is 6.65. The van der Waals surface area contributed by atoms with Crippen molar-refractivity contribution in [3.63, 3.8) is 0 Å². The molecule has 1 unspecified atom stereocenters. The number of oxazole rings is 1. The van der Waals surface area contributed by atoms with Crippen LogP contribution in [0.1, 0.15) is 24.1 Å². The van der Waals surface area contributed by atoms with Gasteiger partial charge < -0.3 is 9.32 Å². The third kappa shape index (κ3) is 3.12. The molecule has 2 aliphatic rings. The van der Waals surface area contributed by atoms with Gasteiger partial charge in [-0.2, -0.15) is 21.8 Å². The Kier molecular flexibility index (Phi) is 4.15. The first kappa shape index (κ1) is 16.8. The number of fused-ring (bicyclic) bond motifs is 2. The Balaban J connectivity index is 1.43. The average Bonchev–Trinajstić information content (AvgIpc) is 3.28. The molecule has 8 heteroatoms. The molecule has 1 atom stereocenters. The number of nitrogens with zero attached hydrogens (tertiary/aromatic N) is 4. The second-order valence-electron chi connectivity index (χ2n) is 7.04. The predicted octanol–water partition coefficient (Wildman–Crippen LogP) is 2.98. The van der Waals surface area contributed by atoms with Crippen LogP contribution in [0.15, 0.2) is 33.5 Å². The maximum absolute atomic E-state index is 13.4. The number of thioether (sulfide) groups is 1. The van der Waals surface area contributed by atoms with Crippen molar-refractivity contribution in [2.45, 2.75) is 37.6 Å². The van der Waals surface area contributed by atoms with E-state index < -0.39 is 0 Å². The van der Waals surface area contributed by atoms with Gasteiger partial charge in [0.25, 0.3) is 11.6 Å². The number of hydrogen-bond acceptors (Lipinski definition) is 6. The second kappa shape index (κ2) is 6.67. The molecule has 0 N–H and O–H groups in total. The Labute approximate surface area is 159 Å². The SMILES string of the molecule is O=c1cc2c(nn1CC1CCCN1c1nc3cc(F)ccc3o1)CCSC2. The molecule has 6 nitrogen and oxygen atoms in total. The lowest BCUT2D eigenvalue weighted by atomic mass is 10.2. The van der Waals surface area contributed by atoms with Gasteiger partial charge in [-0.3, -0.25) is 4.79 Å². The van der Waals surface area contributed by atoms with Crippen molar-refractivity contribution in [1.29, 1.82) is 0 Å². The highest BCUT2D eigenvalue weighted by atomic mass is 32.2. The van der Waals surface area contributed by atoms with Crippen molar-refractivity contribution in [1.82, 2.24) is 14.8 Å². The fourth-order valence-corrected chi connectivity index (χ4v) is 4.82. The smallest absolute Gasteiger partial charge is 0.298 e. The van der Waals surface area contributed by atoms with Crippen molar-refractivity contribution < 1.29 is 8.81 Å². The molecule has 3 aromatic rings. The zero-order valence-corrected chi connectivity index (χ0v) is 15.5. The highest BCUT2D eigenvalue weighted by Crippen LogP contribution is 2.29. The van der Waals surface area contributed by atoms with Gasteiger partial charge in [-0.15, -0.1) is 0 Å². The molecule has 4 heterocycles. The molecule has 0 aliphatic carbocycles. The molecular weight excluding hydrogens is 367 g/mol. The number of rotatable bonds is 3. The van der Waals surface area contributed by atoms with E-state index >= 15 is 0 Å². The lowest BCUT2D eigenvalue weighted by Crippen LogP contribution is -2.38. The number of halogens is 1. The number of aryl methyl sites for hydroxylation is 1. The Hall–Kier alpha value is -2.35. The van der Waals surface area contributed by atoms with E-state index in [0.29, 0.717) is 23.7 Å². The molecule has 140 valence electrons. The summed E-state index contributed by atoms with van der Waals surface area (Å²) in [6.07, 6.45) is 2.84. The third-order valence-electron chi connectivity index (χ3n) is 5.25. The molecule has 27 heavy (non-hydrogen) atoms. The number of benzene rings is 1. The normalized spacial score (nSPS) is 19.6. The molecule has 0 amide bonds. The van der Waals surface area contributed by atoms with E-state index in [-0.39, 0.29) is 17.4 Å². The standard InChI is InChI=1S/C19H19FN4O2S/c20-13-3-4-17-16(9-13)21-19(26-17)23-6-1-2-14(23)10-24-18(25)8-12-11-27-7-5-15(12)22-24/h3-4,8-9,14H,1-2,5-7,10-11H2. The fourth-order valence-electron chi connectivity index (χ4n) is 3.87. The third-order valence-corrected chi connectivity index (χ3v) is 6.26. The van der Waals surface area contributed by atoms with E-state index in [1.807, 2.05) is 11.8 Å². The second-order valence-corrected chi connectivity index (χ2v) is 8.14. The summed E-state index contributed by atoms with van der Waals surface area (Å²) in [6.45, 7) is 1.31. The summed E-state index contributed by atoms with van der Waals surface area (Å²) in [4.78, 5) is 19.0. The van der Waals surface area contributed by atoms with Crippen molar-refractivity contribution in [2.24, 2.45) is 0 Å². The van der Waals surface area contributed by atoms with E-state index in [0.717, 1.165) is 48.6 Å². The predicted molar refractivity (Wildman–Crippen MR) is 103 cm³/mol. The monoisotopic (exact) mass is 386 g/mol. The van der Waals surface area contributed by atoms with Crippen molar-refractivity contribution in [3.05, 3.63) is 51.7 Å². The molecule has 1 saturated heterocycles. The van der Waals surface area contributed by atoms with E-state index in [1.54, 1.807) is 16.8 Å². The van der Waals surface area contributed by atoms with Crippen LogP contribution in [0.4, 0.5) is 10.4 Å². The summed E-state index contributed by atoms with van der Waals surface area (Å²) in [5, 5.41) is 4.62. The molecular formula is C19H19FN4O2S. The van der Waals surface area contributed by atoms with Gasteiger partial charge in [0.1, 0.15) is 11.3 Å². The van der Waals surface area contributed by atoms with Crippen LogP contribution in [-0.2, 0) is 18.7 Å². The van der Waals surface area contributed by atoms with E-state index in [4.69, 9.17) is 4.42 Å². The van der Waals surface area contributed by atoms with Crippen LogP contribution in [0.25, 0.3) is 11.1 Å². The quantitative estimate of drug-likeness (QED) is 0.690. The van der Waals surface area contributed by atoms with Gasteiger partial charge in [0.15, 0.2) is 5.58 Å². The van der Waals surface area contributed by atoms with Gasteiger partial charge in [0, 0.05) is 30.9 Å². The Bertz CT molecular complexity index is 1060. The molecule has 0 saturated carbocycles. The average molecular weight is 386 g/mol. The first-order valence-electron chi connectivity index (χ1n) is 9.18. The highest BCUT2D eigenvalue weighted by molar-refractivity contribution is 7.98. The summed E-state index contributed by atoms with van der Waals surface area (Å²) in [7, 11) is 0. The summed E-state index contributed by atoms with van der Waals surface area (Å²) < 4.78 is 20.8. The van der Waals surface area contributed by atoms with Crippen molar-refractivity contribution in [3.8, 4) is 0 Å². The van der Waals surface area contributed by atoms with Crippen LogP contribution in [0.5, 0.6) is 0 Å². The summed E-state index contributed by atoms with van der Waals surface area (Å²) in [5.74, 6) is 1.59. The lowest BCUT2D eigenvalue weighted by Gasteiger charge is -2.24. The van der Waals surface area contributed by atoms with Gasteiger partial charge in [0.05, 0.1) is 18.3 Å². The topological polar surface area (TPSA) is 64.2 Å². The summed E-state index contributed by atoms with van der Waals surface area (Å²) in [5.41, 5.74) is 3.13. The molecule has 1 fully saturated rings. The van der Waals surface area contributed by atoms with Crippen molar-refractivity contribution >= 4 is 28.9 Å². The Morgan fingerprint density at radius 3 is 3.19 bits per heavy atom. The Morgan fingerprint density at radius 1 is 1.33 bits per heavy atom. The van der Waals surface area contributed by atoms with E-state index in [1.165, 1.54) is 12.1 Å². The lowest BCUT2D eigenvalue weighted by molar-refractivity contribution is 0.460. The van der Waals surface area contributed by atoms with E-state index in [9.17, 15) is 9.18 Å². The van der Waals surface area contributed by atoms with Gasteiger partial charge >= 0.3 is 0 Å². The molecule has 0 bridgehead atoms. The molecule has 1 aromatic carbocycles. The maximum Gasteiger partial charge on any atom is 0.298 e. The maximum atomic E-state index is 13.4. The largest absolute Gasteiger partial charge is 0.423 e. The summed E-state index contributed by atoms with van der Waals surface area (Å²) >= 11 is 1.84. The molecule has 5 rings (SSSR count). The minimum Gasteiger partial charge on any atom is -0.423 e. The van der Waals surface area contributed by atoms with Crippen LogP contribution in [0.2, 0.25) is 0 Å². The van der Waals surface area contributed by atoms with Crippen LogP contribution in [-0.4, -0.2) is 33.1 Å². The van der Waals surface area contributed by atoms with Crippen molar-refractivity contribution in [2.75, 3.05) is 17.2 Å². The van der Waals surface area contributed by atoms with Gasteiger partial charge in [-0.1, -0.05) is 0 Å². The molecule has 2 aromatic heterocycles. The minimum absolute atomic E-state index is 0.0530. The zero-order valence-electron chi connectivity index (χ0n) is 14.7. The Morgan fingerprint density at radius 2 is 2.26 bits per heavy atom. The van der Waals surface area contributed by atoms with Gasteiger partial charge in [0.2, 0.25) is 0 Å². The van der Waals surface area contributed by atoms with Crippen LogP contribution >= 0.6 is 11.8 Å². The number of aromatic nitrogens is 3. The van der Waals surface area contributed by atoms with Crippen LogP contribution in [0, 0.1) is 5.82 Å². The number of hydrogen-bond donors (Lipinski definition) is 0. The fraction of sp³-hybridized carbons (Fsp3) is 0.421. The van der Waals surface area contributed by atoms with Gasteiger partial charge in [-0.05, 0) is 36.3 Å². The van der Waals surface area contributed by atoms with Gasteiger partial charge in [-0.25, -0.2) is 9.07 Å². The van der Waals surface area contributed by atoms with Crippen LogP contribution in [0.3, 0.4) is 0 Å². The van der Waals surface area contributed by atoms with Crippen LogP contribution < -0.4 is 10.5 Å².